The topological polar surface area (TPSA) is 3.24 Å². The lowest BCUT2D eigenvalue weighted by atomic mass is 9.93. The van der Waals surface area contributed by atoms with Gasteiger partial charge in [0.25, 0.3) is 0 Å². The average Bonchev–Trinajstić information content (AvgIpc) is 2.28. The third-order valence-corrected chi connectivity index (χ3v) is 2.75. The molecule has 1 nitrogen and oxygen atoms in total. The van der Waals surface area contributed by atoms with Crippen LogP contribution in [0, 0.1) is 11.3 Å². The van der Waals surface area contributed by atoms with E-state index in [1.54, 1.807) is 0 Å². The summed E-state index contributed by atoms with van der Waals surface area (Å²) in [5.74, 6) is 0.596. The lowest BCUT2D eigenvalue weighted by Crippen LogP contribution is -2.24. The van der Waals surface area contributed by atoms with E-state index >= 15 is 0 Å². The fourth-order valence-corrected chi connectivity index (χ4v) is 1.72. The summed E-state index contributed by atoms with van der Waals surface area (Å²) in [6.07, 6.45) is 1.30. The molecule has 1 heterocycles. The molecule has 1 heteroatoms. The maximum absolute atomic E-state index is 4.13. The molecular weight excluding hydrogens is 146 g/mol. The van der Waals surface area contributed by atoms with Gasteiger partial charge in [-0.1, -0.05) is 34.3 Å². The Balaban J connectivity index is 2.53. The minimum Gasteiger partial charge on any atom is -0.375 e. The number of allylic oxidation sites excluding steroid dienone is 1. The Labute approximate surface area is 76.5 Å². The van der Waals surface area contributed by atoms with Crippen molar-refractivity contribution in [2.45, 2.75) is 34.1 Å². The van der Waals surface area contributed by atoms with Gasteiger partial charge in [0.05, 0.1) is 0 Å². The van der Waals surface area contributed by atoms with E-state index in [9.17, 15) is 0 Å². The lowest BCUT2D eigenvalue weighted by Gasteiger charge is -2.25. The zero-order valence-electron chi connectivity index (χ0n) is 8.85. The van der Waals surface area contributed by atoms with E-state index in [4.69, 9.17) is 0 Å². The van der Waals surface area contributed by atoms with Gasteiger partial charge < -0.3 is 4.90 Å². The molecule has 1 fully saturated rings. The molecule has 0 spiro atoms. The monoisotopic (exact) mass is 167 g/mol. The summed E-state index contributed by atoms with van der Waals surface area (Å²) in [7, 11) is 0. The predicted molar refractivity (Wildman–Crippen MR) is 53.9 cm³/mol. The second-order valence-electron chi connectivity index (χ2n) is 4.98. The van der Waals surface area contributed by atoms with Crippen LogP contribution in [0.15, 0.2) is 12.3 Å². The summed E-state index contributed by atoms with van der Waals surface area (Å²) in [4.78, 5) is 2.44. The molecule has 1 saturated heterocycles. The van der Waals surface area contributed by atoms with E-state index in [0.717, 1.165) is 0 Å². The van der Waals surface area contributed by atoms with Crippen LogP contribution in [-0.2, 0) is 0 Å². The summed E-state index contributed by atoms with van der Waals surface area (Å²) in [5.41, 5.74) is 1.80. The van der Waals surface area contributed by atoms with Gasteiger partial charge in [-0.3, -0.25) is 0 Å². The van der Waals surface area contributed by atoms with Crippen molar-refractivity contribution in [2.75, 3.05) is 13.1 Å². The maximum atomic E-state index is 4.13. The first-order chi connectivity index (χ1) is 5.42. The second-order valence-corrected chi connectivity index (χ2v) is 4.98. The van der Waals surface area contributed by atoms with Crippen molar-refractivity contribution >= 4 is 0 Å². The van der Waals surface area contributed by atoms with Crippen LogP contribution in [0.3, 0.4) is 0 Å². The molecule has 0 saturated carbocycles. The molecule has 0 bridgehead atoms. The molecule has 0 aromatic carbocycles. The smallest absolute Gasteiger partial charge is 0.0226 e. The SMILES string of the molecule is C=C(C(C)C)N1CCC(C)(C)C1. The van der Waals surface area contributed by atoms with Gasteiger partial charge in [0.1, 0.15) is 0 Å². The highest BCUT2D eigenvalue weighted by molar-refractivity contribution is 5.01. The van der Waals surface area contributed by atoms with Gasteiger partial charge in [-0.15, -0.1) is 0 Å². The largest absolute Gasteiger partial charge is 0.375 e. The van der Waals surface area contributed by atoms with Crippen LogP contribution in [0.25, 0.3) is 0 Å². The summed E-state index contributed by atoms with van der Waals surface area (Å²) >= 11 is 0. The number of hydrogen-bond donors (Lipinski definition) is 0. The highest BCUT2D eigenvalue weighted by Crippen LogP contribution is 2.32. The van der Waals surface area contributed by atoms with Crippen LogP contribution in [-0.4, -0.2) is 18.0 Å². The quantitative estimate of drug-likeness (QED) is 0.611. The molecule has 1 aliphatic heterocycles. The van der Waals surface area contributed by atoms with Crippen LogP contribution in [0.1, 0.15) is 34.1 Å². The normalized spacial score (nSPS) is 21.9. The van der Waals surface area contributed by atoms with E-state index < -0.39 is 0 Å². The molecule has 0 aromatic rings. The molecule has 1 aliphatic rings. The fourth-order valence-electron chi connectivity index (χ4n) is 1.72. The molecule has 0 aromatic heterocycles. The van der Waals surface area contributed by atoms with Crippen molar-refractivity contribution in [3.8, 4) is 0 Å². The summed E-state index contributed by atoms with van der Waals surface area (Å²) in [6, 6.07) is 0. The van der Waals surface area contributed by atoms with Crippen molar-refractivity contribution in [2.24, 2.45) is 11.3 Å². The number of rotatable bonds is 2. The minimum absolute atomic E-state index is 0.498. The first kappa shape index (κ1) is 9.63. The van der Waals surface area contributed by atoms with Crippen molar-refractivity contribution in [3.05, 3.63) is 12.3 Å². The van der Waals surface area contributed by atoms with Crippen LogP contribution in [0.4, 0.5) is 0 Å². The molecule has 12 heavy (non-hydrogen) atoms. The van der Waals surface area contributed by atoms with E-state index in [1.165, 1.54) is 25.2 Å². The molecule has 0 aliphatic carbocycles. The minimum atomic E-state index is 0.498. The Hall–Kier alpha value is -0.460. The molecule has 0 N–H and O–H groups in total. The summed E-state index contributed by atoms with van der Waals surface area (Å²) < 4.78 is 0. The van der Waals surface area contributed by atoms with Crippen LogP contribution < -0.4 is 0 Å². The first-order valence-corrected chi connectivity index (χ1v) is 4.86. The van der Waals surface area contributed by atoms with Crippen LogP contribution in [0.2, 0.25) is 0 Å². The standard InChI is InChI=1S/C11H21N/c1-9(2)10(3)12-7-6-11(4,5)8-12/h9H,3,6-8H2,1-2,4-5H3. The van der Waals surface area contributed by atoms with Crippen molar-refractivity contribution in [1.82, 2.24) is 4.90 Å². The van der Waals surface area contributed by atoms with E-state index in [-0.39, 0.29) is 0 Å². The number of hydrogen-bond acceptors (Lipinski definition) is 1. The molecule has 1 rings (SSSR count). The van der Waals surface area contributed by atoms with Gasteiger partial charge in [0, 0.05) is 18.8 Å². The fraction of sp³-hybridized carbons (Fsp3) is 0.818. The molecule has 0 unspecified atom stereocenters. The van der Waals surface area contributed by atoms with Gasteiger partial charge in [-0.25, -0.2) is 0 Å². The number of likely N-dealkylation sites (tertiary alicyclic amines) is 1. The average molecular weight is 167 g/mol. The molecule has 0 atom stereocenters. The van der Waals surface area contributed by atoms with Gasteiger partial charge in [-0.2, -0.15) is 0 Å². The second kappa shape index (κ2) is 3.12. The van der Waals surface area contributed by atoms with Crippen molar-refractivity contribution in [1.29, 1.82) is 0 Å². The van der Waals surface area contributed by atoms with Crippen LogP contribution >= 0.6 is 0 Å². The zero-order valence-corrected chi connectivity index (χ0v) is 8.85. The maximum Gasteiger partial charge on any atom is 0.0226 e. The molecule has 0 radical (unpaired) electrons. The van der Waals surface area contributed by atoms with Crippen molar-refractivity contribution in [3.63, 3.8) is 0 Å². The van der Waals surface area contributed by atoms with Gasteiger partial charge in [-0.05, 0) is 17.8 Å². The Morgan fingerprint density at radius 1 is 1.42 bits per heavy atom. The first-order valence-electron chi connectivity index (χ1n) is 4.86. The van der Waals surface area contributed by atoms with Gasteiger partial charge in [0.15, 0.2) is 0 Å². The van der Waals surface area contributed by atoms with Gasteiger partial charge >= 0.3 is 0 Å². The highest BCUT2D eigenvalue weighted by Gasteiger charge is 2.30. The Kier molecular flexibility index (Phi) is 2.50. The molecule has 0 amide bonds. The van der Waals surface area contributed by atoms with E-state index in [0.29, 0.717) is 11.3 Å². The third-order valence-electron chi connectivity index (χ3n) is 2.75. The molecular formula is C11H21N. The van der Waals surface area contributed by atoms with Crippen LogP contribution in [0.5, 0.6) is 0 Å². The Bertz CT molecular complexity index is 179. The third kappa shape index (κ3) is 2.02. The van der Waals surface area contributed by atoms with E-state index in [2.05, 4.69) is 39.2 Å². The van der Waals surface area contributed by atoms with Crippen molar-refractivity contribution < 1.29 is 0 Å². The molecule has 70 valence electrons. The Morgan fingerprint density at radius 2 is 2.00 bits per heavy atom. The van der Waals surface area contributed by atoms with Gasteiger partial charge in [0.2, 0.25) is 0 Å². The summed E-state index contributed by atoms with van der Waals surface area (Å²) in [6.45, 7) is 15.6. The zero-order chi connectivity index (χ0) is 9.35. The predicted octanol–water partition coefficient (Wildman–Crippen LogP) is 2.89. The lowest BCUT2D eigenvalue weighted by molar-refractivity contribution is 0.322. The number of nitrogens with zero attached hydrogens (tertiary/aromatic N) is 1. The summed E-state index contributed by atoms with van der Waals surface area (Å²) in [5, 5.41) is 0. The van der Waals surface area contributed by atoms with E-state index in [1.807, 2.05) is 0 Å². The Morgan fingerprint density at radius 3 is 2.33 bits per heavy atom. The highest BCUT2D eigenvalue weighted by atomic mass is 15.2.